The third kappa shape index (κ3) is 4.40. The molecule has 1 aromatic rings. The number of benzene rings is 1. The molecule has 2 aliphatic rings. The van der Waals surface area contributed by atoms with Crippen molar-refractivity contribution in [3.8, 4) is 0 Å². The first-order chi connectivity index (χ1) is 13.6. The summed E-state index contributed by atoms with van der Waals surface area (Å²) in [6.45, 7) is 10.6. The van der Waals surface area contributed by atoms with Gasteiger partial charge in [0.1, 0.15) is 0 Å². The summed E-state index contributed by atoms with van der Waals surface area (Å²) >= 11 is 0. The number of nitrogens with zero attached hydrogens (tertiary/aromatic N) is 3. The quantitative estimate of drug-likeness (QED) is 0.755. The summed E-state index contributed by atoms with van der Waals surface area (Å²) in [6.07, 6.45) is 4.77. The number of aryl methyl sites for hydroxylation is 1. The molecule has 1 aliphatic carbocycles. The van der Waals surface area contributed by atoms with Crippen molar-refractivity contribution in [2.45, 2.75) is 52.5 Å². The van der Waals surface area contributed by atoms with Gasteiger partial charge in [-0.3, -0.25) is 14.5 Å². The first kappa shape index (κ1) is 20.8. The third-order valence-corrected chi connectivity index (χ3v) is 6.54. The molecule has 1 saturated carbocycles. The standard InChI is InChI=1S/C23H35N3O2/c1-4-24(5-2)23(28)21(19-11-7-8-12-19)25-14-16-26(17-15-25)22(27)20-13-9-6-10-18(20)3/h6,9-10,13,19,21H,4-5,7-8,11-12,14-17H2,1-3H3. The van der Waals surface area contributed by atoms with E-state index in [0.717, 1.165) is 50.1 Å². The van der Waals surface area contributed by atoms with Gasteiger partial charge in [-0.2, -0.15) is 0 Å². The number of hydrogen-bond acceptors (Lipinski definition) is 3. The van der Waals surface area contributed by atoms with Gasteiger partial charge in [0.25, 0.3) is 5.91 Å². The van der Waals surface area contributed by atoms with E-state index >= 15 is 0 Å². The van der Waals surface area contributed by atoms with Gasteiger partial charge in [0.15, 0.2) is 0 Å². The van der Waals surface area contributed by atoms with E-state index in [9.17, 15) is 9.59 Å². The number of likely N-dealkylation sites (N-methyl/N-ethyl adjacent to an activating group) is 1. The molecule has 2 fully saturated rings. The molecule has 0 N–H and O–H groups in total. The van der Waals surface area contributed by atoms with Gasteiger partial charge in [0.2, 0.25) is 5.91 Å². The number of rotatable bonds is 6. The third-order valence-electron chi connectivity index (χ3n) is 6.54. The van der Waals surface area contributed by atoms with E-state index in [2.05, 4.69) is 18.7 Å². The van der Waals surface area contributed by atoms with Crippen molar-refractivity contribution in [2.24, 2.45) is 5.92 Å². The SMILES string of the molecule is CCN(CC)C(=O)C(C1CCCC1)N1CCN(C(=O)c2ccccc2C)CC1. The second-order valence-corrected chi connectivity index (χ2v) is 8.14. The molecule has 1 aliphatic heterocycles. The van der Waals surface area contributed by atoms with Crippen molar-refractivity contribution in [3.05, 3.63) is 35.4 Å². The summed E-state index contributed by atoms with van der Waals surface area (Å²) in [4.78, 5) is 32.5. The zero-order valence-electron chi connectivity index (χ0n) is 17.7. The largest absolute Gasteiger partial charge is 0.342 e. The first-order valence-corrected chi connectivity index (χ1v) is 10.9. The average Bonchev–Trinajstić information content (AvgIpc) is 3.24. The number of hydrogen-bond donors (Lipinski definition) is 0. The molecule has 3 rings (SSSR count). The van der Waals surface area contributed by atoms with Crippen LogP contribution in [0.25, 0.3) is 0 Å². The lowest BCUT2D eigenvalue weighted by Gasteiger charge is -2.42. The van der Waals surface area contributed by atoms with Gasteiger partial charge in [-0.1, -0.05) is 31.0 Å². The maximum Gasteiger partial charge on any atom is 0.254 e. The molecule has 1 aromatic carbocycles. The smallest absolute Gasteiger partial charge is 0.254 e. The summed E-state index contributed by atoms with van der Waals surface area (Å²) in [5.41, 5.74) is 1.82. The monoisotopic (exact) mass is 385 g/mol. The lowest BCUT2D eigenvalue weighted by atomic mass is 9.94. The van der Waals surface area contributed by atoms with Crippen LogP contribution in [0.4, 0.5) is 0 Å². The Kier molecular flexibility index (Phi) is 7.11. The minimum Gasteiger partial charge on any atom is -0.342 e. The average molecular weight is 386 g/mol. The van der Waals surface area contributed by atoms with Crippen LogP contribution in [0, 0.1) is 12.8 Å². The fourth-order valence-electron chi connectivity index (χ4n) is 4.84. The molecule has 5 nitrogen and oxygen atoms in total. The van der Waals surface area contributed by atoms with Gasteiger partial charge < -0.3 is 9.80 Å². The van der Waals surface area contributed by atoms with Crippen molar-refractivity contribution in [2.75, 3.05) is 39.3 Å². The summed E-state index contributed by atoms with van der Waals surface area (Å²) < 4.78 is 0. The molecular weight excluding hydrogens is 350 g/mol. The Morgan fingerprint density at radius 2 is 1.64 bits per heavy atom. The highest BCUT2D eigenvalue weighted by Gasteiger charge is 2.38. The Bertz CT molecular complexity index is 672. The predicted octanol–water partition coefficient (Wildman–Crippen LogP) is 3.18. The topological polar surface area (TPSA) is 43.9 Å². The van der Waals surface area contributed by atoms with Crippen LogP contribution in [0.3, 0.4) is 0 Å². The molecular formula is C23H35N3O2. The Balaban J connectivity index is 1.69. The number of carbonyl (C=O) groups excluding carboxylic acids is 2. The van der Waals surface area contributed by atoms with Crippen LogP contribution in [0.2, 0.25) is 0 Å². The second kappa shape index (κ2) is 9.55. The lowest BCUT2D eigenvalue weighted by Crippen LogP contribution is -2.58. The minimum atomic E-state index is -0.0156. The summed E-state index contributed by atoms with van der Waals surface area (Å²) in [5, 5.41) is 0. The second-order valence-electron chi connectivity index (χ2n) is 8.14. The van der Waals surface area contributed by atoms with E-state index in [1.165, 1.54) is 12.8 Å². The summed E-state index contributed by atoms with van der Waals surface area (Å²) in [7, 11) is 0. The van der Waals surface area contributed by atoms with E-state index in [1.807, 2.05) is 41.0 Å². The highest BCUT2D eigenvalue weighted by Crippen LogP contribution is 2.32. The van der Waals surface area contributed by atoms with Gasteiger partial charge >= 0.3 is 0 Å². The van der Waals surface area contributed by atoms with Crippen LogP contribution < -0.4 is 0 Å². The van der Waals surface area contributed by atoms with Crippen molar-refractivity contribution >= 4 is 11.8 Å². The van der Waals surface area contributed by atoms with E-state index in [1.54, 1.807) is 0 Å². The molecule has 154 valence electrons. The van der Waals surface area contributed by atoms with Crippen molar-refractivity contribution < 1.29 is 9.59 Å². The number of amides is 2. The summed E-state index contributed by atoms with van der Waals surface area (Å²) in [6, 6.07) is 7.78. The fraction of sp³-hybridized carbons (Fsp3) is 0.652. The number of carbonyl (C=O) groups is 2. The van der Waals surface area contributed by atoms with Gasteiger partial charge in [-0.05, 0) is 51.2 Å². The molecule has 5 heteroatoms. The maximum absolute atomic E-state index is 13.3. The van der Waals surface area contributed by atoms with Crippen molar-refractivity contribution in [1.82, 2.24) is 14.7 Å². The highest BCUT2D eigenvalue weighted by molar-refractivity contribution is 5.95. The fourth-order valence-corrected chi connectivity index (χ4v) is 4.84. The Morgan fingerprint density at radius 3 is 2.21 bits per heavy atom. The molecule has 0 radical (unpaired) electrons. The zero-order valence-corrected chi connectivity index (χ0v) is 17.7. The molecule has 1 heterocycles. The van der Waals surface area contributed by atoms with E-state index in [4.69, 9.17) is 0 Å². The van der Waals surface area contributed by atoms with Gasteiger partial charge in [-0.15, -0.1) is 0 Å². The highest BCUT2D eigenvalue weighted by atomic mass is 16.2. The molecule has 0 bridgehead atoms. The van der Waals surface area contributed by atoms with E-state index in [-0.39, 0.29) is 17.9 Å². The van der Waals surface area contributed by atoms with Gasteiger partial charge in [0, 0.05) is 44.8 Å². The molecule has 1 atom stereocenters. The van der Waals surface area contributed by atoms with E-state index in [0.29, 0.717) is 19.0 Å². The molecule has 1 unspecified atom stereocenters. The minimum absolute atomic E-state index is 0.0156. The maximum atomic E-state index is 13.3. The molecule has 28 heavy (non-hydrogen) atoms. The van der Waals surface area contributed by atoms with E-state index < -0.39 is 0 Å². The number of piperazine rings is 1. The lowest BCUT2D eigenvalue weighted by molar-refractivity contribution is -0.139. The van der Waals surface area contributed by atoms with Crippen LogP contribution in [0.15, 0.2) is 24.3 Å². The first-order valence-electron chi connectivity index (χ1n) is 10.9. The van der Waals surface area contributed by atoms with Crippen molar-refractivity contribution in [3.63, 3.8) is 0 Å². The van der Waals surface area contributed by atoms with Gasteiger partial charge in [0.05, 0.1) is 6.04 Å². The zero-order chi connectivity index (χ0) is 20.1. The van der Waals surface area contributed by atoms with Crippen LogP contribution in [0.1, 0.15) is 55.5 Å². The molecule has 2 amide bonds. The van der Waals surface area contributed by atoms with Crippen molar-refractivity contribution in [1.29, 1.82) is 0 Å². The molecule has 0 spiro atoms. The Hall–Kier alpha value is -1.88. The molecule has 1 saturated heterocycles. The Labute approximate surface area is 169 Å². The predicted molar refractivity (Wildman–Crippen MR) is 112 cm³/mol. The Morgan fingerprint density at radius 1 is 1.04 bits per heavy atom. The normalized spacial score (nSPS) is 19.6. The van der Waals surface area contributed by atoms with Gasteiger partial charge in [-0.25, -0.2) is 0 Å². The van der Waals surface area contributed by atoms with Crippen LogP contribution in [-0.2, 0) is 4.79 Å². The molecule has 0 aromatic heterocycles. The van der Waals surface area contributed by atoms with Crippen LogP contribution in [0.5, 0.6) is 0 Å². The summed E-state index contributed by atoms with van der Waals surface area (Å²) in [5.74, 6) is 0.868. The van der Waals surface area contributed by atoms with Crippen LogP contribution in [-0.4, -0.2) is 71.8 Å². The van der Waals surface area contributed by atoms with Crippen LogP contribution >= 0.6 is 0 Å².